The van der Waals surface area contributed by atoms with Gasteiger partial charge in [-0.25, -0.2) is 0 Å². The maximum Gasteiger partial charge on any atom is 0.135 e. The number of ether oxygens (including phenoxy) is 1. The molecule has 6 aromatic rings. The summed E-state index contributed by atoms with van der Waals surface area (Å²) in [7, 11) is 0. The molecule has 0 radical (unpaired) electrons. The highest BCUT2D eigenvalue weighted by atomic mass is 16.5. The maximum absolute atomic E-state index is 6.63. The van der Waals surface area contributed by atoms with E-state index in [1.165, 1.54) is 87.4 Å². The fraction of sp³-hybridized carbons (Fsp3) is 0.227. The molecule has 45 heavy (non-hydrogen) atoms. The molecule has 6 aromatic carbocycles. The Labute approximate surface area is 264 Å². The average Bonchev–Trinajstić information content (AvgIpc) is 3.38. The molecule has 6 aliphatic rings. The summed E-state index contributed by atoms with van der Waals surface area (Å²) in [6.45, 7) is 0. The molecule has 1 aliphatic heterocycles. The van der Waals surface area contributed by atoms with Gasteiger partial charge < -0.3 is 4.74 Å². The minimum Gasteiger partial charge on any atom is -0.456 e. The van der Waals surface area contributed by atoms with Crippen LogP contribution in [-0.4, -0.2) is 0 Å². The van der Waals surface area contributed by atoms with E-state index in [1.807, 2.05) is 0 Å². The molecule has 0 aromatic heterocycles. The predicted molar refractivity (Wildman–Crippen MR) is 184 cm³/mol. The van der Waals surface area contributed by atoms with Crippen molar-refractivity contribution in [2.45, 2.75) is 37.5 Å². The van der Waals surface area contributed by atoms with Gasteiger partial charge in [0.1, 0.15) is 11.5 Å². The average molecular weight is 579 g/mol. The van der Waals surface area contributed by atoms with Crippen molar-refractivity contribution in [3.63, 3.8) is 0 Å². The van der Waals surface area contributed by atoms with Crippen LogP contribution in [0.5, 0.6) is 11.5 Å². The van der Waals surface area contributed by atoms with Crippen LogP contribution >= 0.6 is 0 Å². The van der Waals surface area contributed by atoms with Crippen molar-refractivity contribution in [3.05, 3.63) is 132 Å². The molecular weight excluding hydrogens is 544 g/mol. The van der Waals surface area contributed by atoms with Crippen LogP contribution in [0.1, 0.15) is 43.2 Å². The molecule has 0 N–H and O–H groups in total. The molecule has 12 rings (SSSR count). The Morgan fingerprint density at radius 2 is 1.16 bits per heavy atom. The molecule has 0 saturated heterocycles. The van der Waals surface area contributed by atoms with Gasteiger partial charge in [0.05, 0.1) is 0 Å². The third kappa shape index (κ3) is 3.14. The van der Waals surface area contributed by atoms with Crippen LogP contribution in [0.3, 0.4) is 0 Å². The fourth-order valence-corrected chi connectivity index (χ4v) is 11.1. The van der Waals surface area contributed by atoms with E-state index in [-0.39, 0.29) is 5.41 Å². The molecule has 0 atom stereocenters. The Morgan fingerprint density at radius 3 is 2.00 bits per heavy atom. The summed E-state index contributed by atoms with van der Waals surface area (Å²) < 4.78 is 6.63. The zero-order valence-electron chi connectivity index (χ0n) is 25.3. The third-order valence-electron chi connectivity index (χ3n) is 12.5. The van der Waals surface area contributed by atoms with Gasteiger partial charge >= 0.3 is 0 Å². The SMILES string of the molecule is c1ccc(-c2ccc3c4c(cccc24)-c2cc(-c4cccc5c4-c4ccccc4C54C5CC6CC(C5)CC4C6)ccc2O3)cc1. The van der Waals surface area contributed by atoms with Crippen LogP contribution in [-0.2, 0) is 5.41 Å². The Balaban J connectivity index is 1.11. The van der Waals surface area contributed by atoms with Gasteiger partial charge in [0.2, 0.25) is 0 Å². The second kappa shape index (κ2) is 8.76. The van der Waals surface area contributed by atoms with E-state index in [4.69, 9.17) is 4.74 Å². The second-order valence-electron chi connectivity index (χ2n) is 14.5. The summed E-state index contributed by atoms with van der Waals surface area (Å²) in [5.74, 6) is 5.33. The normalized spacial score (nSPS) is 26.0. The van der Waals surface area contributed by atoms with Crippen molar-refractivity contribution in [2.75, 3.05) is 0 Å². The van der Waals surface area contributed by atoms with Crippen molar-refractivity contribution in [3.8, 4) is 56.0 Å². The maximum atomic E-state index is 6.63. The fourth-order valence-electron chi connectivity index (χ4n) is 11.1. The monoisotopic (exact) mass is 578 g/mol. The first kappa shape index (κ1) is 24.7. The van der Waals surface area contributed by atoms with Gasteiger partial charge in [-0.05, 0) is 129 Å². The number of hydrogen-bond donors (Lipinski definition) is 0. The molecule has 4 bridgehead atoms. The van der Waals surface area contributed by atoms with E-state index < -0.39 is 0 Å². The Kier molecular flexibility index (Phi) is 4.80. The Morgan fingerprint density at radius 1 is 0.467 bits per heavy atom. The molecule has 1 heteroatoms. The Bertz CT molecular complexity index is 2180. The minimum absolute atomic E-state index is 0.186. The molecule has 1 spiro atoms. The van der Waals surface area contributed by atoms with E-state index in [1.54, 1.807) is 11.1 Å². The van der Waals surface area contributed by atoms with Crippen LogP contribution < -0.4 is 4.74 Å². The first-order valence-electron chi connectivity index (χ1n) is 16.9. The van der Waals surface area contributed by atoms with E-state index in [9.17, 15) is 0 Å². The summed E-state index contributed by atoms with van der Waals surface area (Å²) in [6, 6.07) is 45.4. The van der Waals surface area contributed by atoms with Crippen LogP contribution in [0.4, 0.5) is 0 Å². The zero-order valence-corrected chi connectivity index (χ0v) is 25.3. The van der Waals surface area contributed by atoms with Crippen molar-refractivity contribution in [1.29, 1.82) is 0 Å². The van der Waals surface area contributed by atoms with E-state index in [0.717, 1.165) is 35.2 Å². The van der Waals surface area contributed by atoms with E-state index in [2.05, 4.69) is 121 Å². The third-order valence-corrected chi connectivity index (χ3v) is 12.5. The molecule has 1 heterocycles. The number of rotatable bonds is 2. The molecule has 5 aliphatic carbocycles. The molecule has 216 valence electrons. The smallest absolute Gasteiger partial charge is 0.135 e. The lowest BCUT2D eigenvalue weighted by atomic mass is 9.43. The number of benzene rings is 6. The van der Waals surface area contributed by atoms with Crippen LogP contribution in [0.2, 0.25) is 0 Å². The van der Waals surface area contributed by atoms with Crippen LogP contribution in [0, 0.1) is 23.7 Å². The first-order valence-corrected chi connectivity index (χ1v) is 16.9. The zero-order chi connectivity index (χ0) is 29.3. The highest BCUT2D eigenvalue weighted by molar-refractivity contribution is 6.10. The van der Waals surface area contributed by atoms with Crippen molar-refractivity contribution < 1.29 is 4.74 Å². The predicted octanol–water partition coefficient (Wildman–Crippen LogP) is 11.7. The molecule has 0 amide bonds. The molecule has 0 unspecified atom stereocenters. The van der Waals surface area contributed by atoms with Crippen molar-refractivity contribution in [1.82, 2.24) is 0 Å². The summed E-state index contributed by atoms with van der Waals surface area (Å²) in [6.07, 6.45) is 7.13. The lowest BCUT2D eigenvalue weighted by Crippen LogP contribution is -2.55. The van der Waals surface area contributed by atoms with Gasteiger partial charge in [0, 0.05) is 16.4 Å². The molecule has 1 nitrogen and oxygen atoms in total. The molecule has 4 fully saturated rings. The van der Waals surface area contributed by atoms with Gasteiger partial charge in [-0.15, -0.1) is 0 Å². The number of hydrogen-bond acceptors (Lipinski definition) is 1. The lowest BCUT2D eigenvalue weighted by molar-refractivity contribution is -0.0399. The van der Waals surface area contributed by atoms with Gasteiger partial charge in [0.25, 0.3) is 0 Å². The Hall–Kier alpha value is -4.62. The van der Waals surface area contributed by atoms with E-state index >= 15 is 0 Å². The van der Waals surface area contributed by atoms with Crippen LogP contribution in [0.15, 0.2) is 121 Å². The van der Waals surface area contributed by atoms with Gasteiger partial charge in [-0.3, -0.25) is 0 Å². The quantitative estimate of drug-likeness (QED) is 0.198. The number of fused-ring (bicyclic) bond motifs is 5. The van der Waals surface area contributed by atoms with Gasteiger partial charge in [-0.2, -0.15) is 0 Å². The largest absolute Gasteiger partial charge is 0.456 e. The lowest BCUT2D eigenvalue weighted by Gasteiger charge is -2.61. The summed E-state index contributed by atoms with van der Waals surface area (Å²) in [5, 5.41) is 2.45. The summed E-state index contributed by atoms with van der Waals surface area (Å²) in [5.41, 5.74) is 14.0. The minimum atomic E-state index is 0.186. The van der Waals surface area contributed by atoms with Gasteiger partial charge in [0.15, 0.2) is 0 Å². The highest BCUT2D eigenvalue weighted by Gasteiger charge is 2.61. The summed E-state index contributed by atoms with van der Waals surface area (Å²) in [4.78, 5) is 0. The van der Waals surface area contributed by atoms with E-state index in [0.29, 0.717) is 0 Å². The van der Waals surface area contributed by atoms with Crippen LogP contribution in [0.25, 0.3) is 55.3 Å². The molecule has 4 saturated carbocycles. The standard InChI is InChI=1S/C44H34O/c1-2-8-28(9-3-1)32-17-19-41-43-34(32)12-6-13-35(43)37-25-29(16-18-40(37)45-41)33-11-7-15-39-42(33)36-10-4-5-14-38(36)44(39)30-21-26-20-27(23-30)24-31(44)22-26/h1-19,25-27,30-31H,20-24H2. The van der Waals surface area contributed by atoms with Gasteiger partial charge in [-0.1, -0.05) is 103 Å². The first-order chi connectivity index (χ1) is 22.3. The van der Waals surface area contributed by atoms with Crippen molar-refractivity contribution in [2.24, 2.45) is 23.7 Å². The topological polar surface area (TPSA) is 9.23 Å². The second-order valence-corrected chi connectivity index (χ2v) is 14.5. The molecular formula is C44H34O. The van der Waals surface area contributed by atoms with Crippen molar-refractivity contribution >= 4 is 10.8 Å². The highest BCUT2D eigenvalue weighted by Crippen LogP contribution is 2.70. The summed E-state index contributed by atoms with van der Waals surface area (Å²) >= 11 is 0.